The number of rotatable bonds is 5. The summed E-state index contributed by atoms with van der Waals surface area (Å²) in [6.07, 6.45) is 0.927. The number of hydrogen-bond acceptors (Lipinski definition) is 4. The summed E-state index contributed by atoms with van der Waals surface area (Å²) in [5.41, 5.74) is 5.20. The van der Waals surface area contributed by atoms with Crippen molar-refractivity contribution >= 4 is 28.6 Å². The summed E-state index contributed by atoms with van der Waals surface area (Å²) in [7, 11) is 0. The van der Waals surface area contributed by atoms with Crippen LogP contribution >= 0.6 is 0 Å². The van der Waals surface area contributed by atoms with Crippen LogP contribution in [0.5, 0.6) is 0 Å². The Morgan fingerprint density at radius 1 is 0.750 bits per heavy atom. The topological polar surface area (TPSA) is 58.2 Å². The minimum Gasteiger partial charge on any atom is -0.384 e. The molecular weight excluding hydrogens is 348 g/mol. The van der Waals surface area contributed by atoms with E-state index >= 15 is 0 Å². The van der Waals surface area contributed by atoms with Gasteiger partial charge in [-0.2, -0.15) is 0 Å². The van der Waals surface area contributed by atoms with Gasteiger partial charge in [-0.05, 0) is 37.6 Å². The van der Waals surface area contributed by atoms with Gasteiger partial charge in [-0.15, -0.1) is 0 Å². The van der Waals surface area contributed by atoms with Gasteiger partial charge < -0.3 is 10.6 Å². The number of benzene rings is 3. The summed E-state index contributed by atoms with van der Waals surface area (Å²) in [6.45, 7) is 4.83. The second kappa shape index (κ2) is 7.31. The molecule has 0 bridgehead atoms. The summed E-state index contributed by atoms with van der Waals surface area (Å²) >= 11 is 0. The Kier molecular flexibility index (Phi) is 4.70. The van der Waals surface area contributed by atoms with Gasteiger partial charge in [-0.1, -0.05) is 48.9 Å². The molecular formula is C24H22N2O2. The van der Waals surface area contributed by atoms with E-state index in [-0.39, 0.29) is 11.6 Å². The highest BCUT2D eigenvalue weighted by molar-refractivity contribution is 6.32. The lowest BCUT2D eigenvalue weighted by Gasteiger charge is -2.24. The van der Waals surface area contributed by atoms with Gasteiger partial charge in [0.1, 0.15) is 0 Å². The van der Waals surface area contributed by atoms with Crippen LogP contribution in [-0.4, -0.2) is 18.1 Å². The van der Waals surface area contributed by atoms with Crippen LogP contribution in [0.2, 0.25) is 0 Å². The molecule has 28 heavy (non-hydrogen) atoms. The van der Waals surface area contributed by atoms with Crippen LogP contribution in [0, 0.1) is 6.92 Å². The highest BCUT2D eigenvalue weighted by Crippen LogP contribution is 2.37. The van der Waals surface area contributed by atoms with Crippen LogP contribution in [0.3, 0.4) is 0 Å². The van der Waals surface area contributed by atoms with Crippen LogP contribution in [0.15, 0.2) is 60.7 Å². The van der Waals surface area contributed by atoms with Gasteiger partial charge in [0.25, 0.3) is 0 Å². The zero-order valence-electron chi connectivity index (χ0n) is 16.0. The molecule has 0 saturated heterocycles. The molecule has 0 heterocycles. The molecule has 1 aliphatic rings. The maximum Gasteiger partial charge on any atom is 0.196 e. The van der Waals surface area contributed by atoms with Gasteiger partial charge in [0.2, 0.25) is 0 Å². The molecule has 0 aliphatic heterocycles. The fourth-order valence-corrected chi connectivity index (χ4v) is 3.53. The molecule has 4 heteroatoms. The number of carbonyl (C=O) groups is 2. The zero-order chi connectivity index (χ0) is 19.7. The molecule has 3 aromatic carbocycles. The third-order valence-corrected chi connectivity index (χ3v) is 4.97. The molecule has 3 aromatic rings. The van der Waals surface area contributed by atoms with Gasteiger partial charge in [0.15, 0.2) is 11.6 Å². The normalized spacial score (nSPS) is 12.4. The highest BCUT2D eigenvalue weighted by Gasteiger charge is 2.33. The summed E-state index contributed by atoms with van der Waals surface area (Å²) < 4.78 is 0. The monoisotopic (exact) mass is 370 g/mol. The lowest BCUT2D eigenvalue weighted by atomic mass is 9.82. The largest absolute Gasteiger partial charge is 0.384 e. The second-order valence-corrected chi connectivity index (χ2v) is 7.03. The Hall–Kier alpha value is -3.40. The summed E-state index contributed by atoms with van der Waals surface area (Å²) in [5, 5.41) is 6.63. The van der Waals surface area contributed by atoms with Gasteiger partial charge in [0.05, 0.1) is 16.8 Å². The molecule has 0 saturated carbocycles. The van der Waals surface area contributed by atoms with Crippen LogP contribution in [0.1, 0.15) is 50.8 Å². The van der Waals surface area contributed by atoms with E-state index in [2.05, 4.69) is 17.6 Å². The molecule has 0 atom stereocenters. The minimum absolute atomic E-state index is 0.114. The third kappa shape index (κ3) is 3.07. The van der Waals surface area contributed by atoms with E-state index < -0.39 is 0 Å². The highest BCUT2D eigenvalue weighted by atomic mass is 16.1. The minimum atomic E-state index is -0.125. The number of aryl methyl sites for hydroxylation is 1. The Bertz CT molecular complexity index is 1070. The fourth-order valence-electron chi connectivity index (χ4n) is 3.53. The van der Waals surface area contributed by atoms with E-state index in [0.717, 1.165) is 24.2 Å². The molecule has 4 nitrogen and oxygen atoms in total. The van der Waals surface area contributed by atoms with Crippen molar-refractivity contribution in [2.45, 2.75) is 20.3 Å². The number of carbonyl (C=O) groups excluding carboxylic acids is 2. The van der Waals surface area contributed by atoms with E-state index in [4.69, 9.17) is 0 Å². The van der Waals surface area contributed by atoms with E-state index in [0.29, 0.717) is 33.6 Å². The van der Waals surface area contributed by atoms with Crippen molar-refractivity contribution in [2.75, 3.05) is 17.2 Å². The number of anilines is 3. The SMILES string of the molecule is CCCNc1ccc(Nc2ccc(C)cc2)c2c1C(=O)c1ccccc1C2=O. The number of fused-ring (bicyclic) bond motifs is 2. The maximum atomic E-state index is 13.3. The second-order valence-electron chi connectivity index (χ2n) is 7.03. The van der Waals surface area contributed by atoms with Gasteiger partial charge >= 0.3 is 0 Å². The summed E-state index contributed by atoms with van der Waals surface area (Å²) in [4.78, 5) is 26.6. The first kappa shape index (κ1) is 18.0. The summed E-state index contributed by atoms with van der Waals surface area (Å²) in [6, 6.07) is 18.7. The van der Waals surface area contributed by atoms with Crippen molar-refractivity contribution in [2.24, 2.45) is 0 Å². The molecule has 0 amide bonds. The number of nitrogens with one attached hydrogen (secondary N) is 2. The Morgan fingerprint density at radius 3 is 1.93 bits per heavy atom. The Morgan fingerprint density at radius 2 is 1.32 bits per heavy atom. The van der Waals surface area contributed by atoms with Crippen LogP contribution in [0.4, 0.5) is 17.1 Å². The molecule has 1 aliphatic carbocycles. The first-order chi connectivity index (χ1) is 13.6. The average molecular weight is 370 g/mol. The molecule has 0 fully saturated rings. The molecule has 4 rings (SSSR count). The standard InChI is InChI=1S/C24H22N2O2/c1-3-14-25-19-12-13-20(26-16-10-8-15(2)9-11-16)22-21(19)23(27)17-6-4-5-7-18(17)24(22)28/h4-13,25-26H,3,14H2,1-2H3. The molecule has 0 radical (unpaired) electrons. The van der Waals surface area contributed by atoms with Crippen LogP contribution in [-0.2, 0) is 0 Å². The molecule has 2 N–H and O–H groups in total. The van der Waals surface area contributed by atoms with Crippen LogP contribution in [0.25, 0.3) is 0 Å². The maximum absolute atomic E-state index is 13.3. The quantitative estimate of drug-likeness (QED) is 0.498. The van der Waals surface area contributed by atoms with Crippen molar-refractivity contribution in [3.63, 3.8) is 0 Å². The first-order valence-corrected chi connectivity index (χ1v) is 9.53. The molecule has 0 aromatic heterocycles. The molecule has 140 valence electrons. The zero-order valence-corrected chi connectivity index (χ0v) is 16.0. The van der Waals surface area contributed by atoms with Crippen LogP contribution < -0.4 is 10.6 Å². The predicted octanol–water partition coefficient (Wildman–Crippen LogP) is 5.34. The predicted molar refractivity (Wildman–Crippen MR) is 113 cm³/mol. The Balaban J connectivity index is 1.87. The van der Waals surface area contributed by atoms with Crippen molar-refractivity contribution in [1.29, 1.82) is 0 Å². The Labute approximate surface area is 164 Å². The van der Waals surface area contributed by atoms with Crippen molar-refractivity contribution in [3.8, 4) is 0 Å². The lowest BCUT2D eigenvalue weighted by molar-refractivity contribution is 0.0980. The molecule has 0 spiro atoms. The first-order valence-electron chi connectivity index (χ1n) is 9.53. The number of ketones is 2. The van der Waals surface area contributed by atoms with E-state index in [9.17, 15) is 9.59 Å². The third-order valence-electron chi connectivity index (χ3n) is 4.97. The van der Waals surface area contributed by atoms with Crippen molar-refractivity contribution in [3.05, 3.63) is 88.5 Å². The van der Waals surface area contributed by atoms with E-state index in [1.54, 1.807) is 24.3 Å². The van der Waals surface area contributed by atoms with E-state index in [1.807, 2.05) is 43.3 Å². The lowest BCUT2D eigenvalue weighted by Crippen LogP contribution is -2.24. The summed E-state index contributed by atoms with van der Waals surface area (Å²) in [5.74, 6) is -0.240. The van der Waals surface area contributed by atoms with Crippen molar-refractivity contribution in [1.82, 2.24) is 0 Å². The molecule has 0 unspecified atom stereocenters. The van der Waals surface area contributed by atoms with Gasteiger partial charge in [-0.3, -0.25) is 9.59 Å². The smallest absolute Gasteiger partial charge is 0.196 e. The van der Waals surface area contributed by atoms with E-state index in [1.165, 1.54) is 0 Å². The number of hydrogen-bond donors (Lipinski definition) is 2. The fraction of sp³-hybridized carbons (Fsp3) is 0.167. The van der Waals surface area contributed by atoms with Gasteiger partial charge in [-0.25, -0.2) is 0 Å². The van der Waals surface area contributed by atoms with Gasteiger partial charge in [0, 0.05) is 29.0 Å². The van der Waals surface area contributed by atoms with Crippen molar-refractivity contribution < 1.29 is 9.59 Å². The average Bonchev–Trinajstić information content (AvgIpc) is 2.72.